The van der Waals surface area contributed by atoms with Gasteiger partial charge in [-0.2, -0.15) is 0 Å². The molecular formula is C11H13NO3S. The Bertz CT molecular complexity index is 586. The second-order valence-corrected chi connectivity index (χ2v) is 5.51. The first kappa shape index (κ1) is 11.2. The zero-order valence-electron chi connectivity index (χ0n) is 8.93. The van der Waals surface area contributed by atoms with Crippen molar-refractivity contribution in [3.05, 3.63) is 36.1 Å². The van der Waals surface area contributed by atoms with E-state index in [4.69, 9.17) is 4.42 Å². The van der Waals surface area contributed by atoms with Crippen molar-refractivity contribution in [2.24, 2.45) is 0 Å². The minimum atomic E-state index is -3.11. The zero-order chi connectivity index (χ0) is 11.6. The lowest BCUT2D eigenvalue weighted by Gasteiger charge is -2.00. The molecule has 0 amide bonds. The Balaban J connectivity index is 2.10. The molecule has 0 aliphatic rings. The van der Waals surface area contributed by atoms with Gasteiger partial charge in [0, 0.05) is 11.9 Å². The third-order valence-corrected chi connectivity index (χ3v) is 3.05. The van der Waals surface area contributed by atoms with Gasteiger partial charge < -0.3 is 4.42 Å². The number of rotatable bonds is 4. The molecule has 0 bridgehead atoms. The number of hydrogen-bond acceptors (Lipinski definition) is 3. The predicted octanol–water partition coefficient (Wildman–Crippen LogP) is 1.52. The summed E-state index contributed by atoms with van der Waals surface area (Å²) < 4.78 is 29.6. The van der Waals surface area contributed by atoms with Crippen LogP contribution in [0.15, 0.2) is 34.9 Å². The van der Waals surface area contributed by atoms with Crippen LogP contribution >= 0.6 is 0 Å². The highest BCUT2D eigenvalue weighted by Crippen LogP contribution is 2.20. The molecule has 0 atom stereocenters. The molecule has 1 aromatic carbocycles. The molecule has 0 spiro atoms. The van der Waals surface area contributed by atoms with E-state index < -0.39 is 10.0 Å². The highest BCUT2D eigenvalue weighted by atomic mass is 32.2. The Morgan fingerprint density at radius 2 is 2.06 bits per heavy atom. The number of para-hydroxylation sites is 1. The Hall–Kier alpha value is -1.33. The molecule has 5 heteroatoms. The minimum absolute atomic E-state index is 0.391. The molecule has 2 aromatic rings. The second-order valence-electron chi connectivity index (χ2n) is 3.67. The first-order valence-corrected chi connectivity index (χ1v) is 6.85. The van der Waals surface area contributed by atoms with Crippen LogP contribution in [0.2, 0.25) is 0 Å². The Morgan fingerprint density at radius 1 is 1.31 bits per heavy atom. The fourth-order valence-corrected chi connectivity index (χ4v) is 2.07. The number of nitrogens with one attached hydrogen (secondary N) is 1. The van der Waals surface area contributed by atoms with E-state index in [-0.39, 0.29) is 0 Å². The van der Waals surface area contributed by atoms with Crippen molar-refractivity contribution in [1.82, 2.24) is 4.72 Å². The number of sulfonamides is 1. The SMILES string of the molecule is CS(=O)(=O)NCCc1coc2ccccc12. The van der Waals surface area contributed by atoms with Crippen molar-refractivity contribution < 1.29 is 12.8 Å². The van der Waals surface area contributed by atoms with Crippen LogP contribution in [-0.2, 0) is 16.4 Å². The molecule has 1 heterocycles. The molecule has 86 valence electrons. The summed E-state index contributed by atoms with van der Waals surface area (Å²) in [7, 11) is -3.11. The lowest BCUT2D eigenvalue weighted by atomic mass is 10.1. The largest absolute Gasteiger partial charge is 0.464 e. The highest BCUT2D eigenvalue weighted by Gasteiger charge is 2.06. The summed E-state index contributed by atoms with van der Waals surface area (Å²) in [5.74, 6) is 0. The van der Waals surface area contributed by atoms with Gasteiger partial charge in [-0.25, -0.2) is 13.1 Å². The van der Waals surface area contributed by atoms with E-state index >= 15 is 0 Å². The van der Waals surface area contributed by atoms with Crippen LogP contribution in [0.5, 0.6) is 0 Å². The lowest BCUT2D eigenvalue weighted by Crippen LogP contribution is -2.24. The van der Waals surface area contributed by atoms with Crippen LogP contribution in [0.4, 0.5) is 0 Å². The van der Waals surface area contributed by atoms with Gasteiger partial charge >= 0.3 is 0 Å². The molecule has 0 fully saturated rings. The summed E-state index contributed by atoms with van der Waals surface area (Å²) in [5.41, 5.74) is 1.85. The van der Waals surface area contributed by atoms with E-state index in [0.717, 1.165) is 22.8 Å². The molecule has 0 aliphatic carbocycles. The maximum atomic E-state index is 10.9. The van der Waals surface area contributed by atoms with Gasteiger partial charge in [-0.1, -0.05) is 18.2 Å². The van der Waals surface area contributed by atoms with E-state index in [2.05, 4.69) is 4.72 Å². The van der Waals surface area contributed by atoms with Gasteiger partial charge in [0.05, 0.1) is 12.5 Å². The van der Waals surface area contributed by atoms with Crippen LogP contribution < -0.4 is 4.72 Å². The summed E-state index contributed by atoms with van der Waals surface area (Å²) in [5, 5.41) is 1.04. The Kier molecular flexibility index (Phi) is 2.98. The summed E-state index contributed by atoms with van der Waals surface area (Å²) in [4.78, 5) is 0. The second kappa shape index (κ2) is 4.27. The molecule has 0 radical (unpaired) electrons. The normalized spacial score (nSPS) is 12.1. The molecule has 16 heavy (non-hydrogen) atoms. The Labute approximate surface area is 94.3 Å². The fraction of sp³-hybridized carbons (Fsp3) is 0.273. The van der Waals surface area contributed by atoms with E-state index in [1.807, 2.05) is 24.3 Å². The summed E-state index contributed by atoms with van der Waals surface area (Å²) >= 11 is 0. The molecule has 2 rings (SSSR count). The quantitative estimate of drug-likeness (QED) is 0.880. The molecule has 4 nitrogen and oxygen atoms in total. The monoisotopic (exact) mass is 239 g/mol. The van der Waals surface area contributed by atoms with Crippen molar-refractivity contribution in [2.45, 2.75) is 6.42 Å². The first-order chi connectivity index (χ1) is 7.56. The van der Waals surface area contributed by atoms with E-state index in [1.54, 1.807) is 6.26 Å². The summed E-state index contributed by atoms with van der Waals surface area (Å²) in [6.45, 7) is 0.391. The standard InChI is InChI=1S/C11H13NO3S/c1-16(13,14)12-7-6-9-8-15-11-5-3-2-4-10(9)11/h2-5,8,12H,6-7H2,1H3. The maximum absolute atomic E-state index is 10.9. The number of hydrogen-bond donors (Lipinski definition) is 1. The minimum Gasteiger partial charge on any atom is -0.464 e. The zero-order valence-corrected chi connectivity index (χ0v) is 9.75. The lowest BCUT2D eigenvalue weighted by molar-refractivity contribution is 0.586. The van der Waals surface area contributed by atoms with Crippen LogP contribution in [0, 0.1) is 0 Å². The topological polar surface area (TPSA) is 59.3 Å². The fourth-order valence-electron chi connectivity index (χ4n) is 1.60. The smallest absolute Gasteiger partial charge is 0.208 e. The molecule has 0 saturated carbocycles. The van der Waals surface area contributed by atoms with Gasteiger partial charge in [-0.05, 0) is 18.1 Å². The third kappa shape index (κ3) is 2.62. The van der Waals surface area contributed by atoms with Gasteiger partial charge in [-0.15, -0.1) is 0 Å². The average Bonchev–Trinajstić information content (AvgIpc) is 2.60. The van der Waals surface area contributed by atoms with Gasteiger partial charge in [-0.3, -0.25) is 0 Å². The van der Waals surface area contributed by atoms with Crippen LogP contribution in [-0.4, -0.2) is 21.2 Å². The van der Waals surface area contributed by atoms with Crippen LogP contribution in [0.1, 0.15) is 5.56 Å². The van der Waals surface area contributed by atoms with Crippen molar-refractivity contribution in [1.29, 1.82) is 0 Å². The van der Waals surface area contributed by atoms with Crippen molar-refractivity contribution in [3.8, 4) is 0 Å². The molecule has 0 unspecified atom stereocenters. The molecule has 1 N–H and O–H groups in total. The highest BCUT2D eigenvalue weighted by molar-refractivity contribution is 7.88. The van der Waals surface area contributed by atoms with E-state index in [1.165, 1.54) is 0 Å². The molecular weight excluding hydrogens is 226 g/mol. The maximum Gasteiger partial charge on any atom is 0.208 e. The Morgan fingerprint density at radius 3 is 2.81 bits per heavy atom. The van der Waals surface area contributed by atoms with E-state index in [0.29, 0.717) is 13.0 Å². The van der Waals surface area contributed by atoms with Gasteiger partial charge in [0.15, 0.2) is 0 Å². The van der Waals surface area contributed by atoms with Crippen LogP contribution in [0.3, 0.4) is 0 Å². The van der Waals surface area contributed by atoms with Crippen LogP contribution in [0.25, 0.3) is 11.0 Å². The molecule has 1 aromatic heterocycles. The van der Waals surface area contributed by atoms with Gasteiger partial charge in [0.25, 0.3) is 0 Å². The number of benzene rings is 1. The van der Waals surface area contributed by atoms with Crippen molar-refractivity contribution in [2.75, 3.05) is 12.8 Å². The summed E-state index contributed by atoms with van der Waals surface area (Å²) in [6.07, 6.45) is 3.46. The average molecular weight is 239 g/mol. The number of furan rings is 1. The predicted molar refractivity (Wildman–Crippen MR) is 62.8 cm³/mol. The number of fused-ring (bicyclic) bond motifs is 1. The third-order valence-electron chi connectivity index (χ3n) is 2.32. The van der Waals surface area contributed by atoms with Crippen molar-refractivity contribution >= 4 is 21.0 Å². The molecule has 0 aliphatic heterocycles. The van der Waals surface area contributed by atoms with Crippen molar-refractivity contribution in [3.63, 3.8) is 0 Å². The van der Waals surface area contributed by atoms with Gasteiger partial charge in [0.1, 0.15) is 5.58 Å². The van der Waals surface area contributed by atoms with E-state index in [9.17, 15) is 8.42 Å². The summed E-state index contributed by atoms with van der Waals surface area (Å²) in [6, 6.07) is 7.70. The first-order valence-electron chi connectivity index (χ1n) is 4.96. The van der Waals surface area contributed by atoms with Gasteiger partial charge in [0.2, 0.25) is 10.0 Å². The molecule has 0 saturated heterocycles.